The van der Waals surface area contributed by atoms with Gasteiger partial charge in [-0.15, -0.1) is 11.8 Å². The van der Waals surface area contributed by atoms with E-state index in [0.717, 1.165) is 16.7 Å². The number of ether oxygens (including phenoxy) is 1. The van der Waals surface area contributed by atoms with Gasteiger partial charge in [-0.1, -0.05) is 37.8 Å². The molecule has 2 nitrogen and oxygen atoms in total. The van der Waals surface area contributed by atoms with Crippen LogP contribution in [-0.4, -0.2) is 18.3 Å². The standard InChI is InChI=1S/C27H32O2S/c1-5-27(6-2)16-17-30-25-18-20(4)23(19-24(25)27)14-12-21-8-10-22(11-9-21)13-15-26(28)29-7-3/h8-11,18-19H,5-7,13,15-17H2,1-4H3. The summed E-state index contributed by atoms with van der Waals surface area (Å²) in [6.07, 6.45) is 4.73. The van der Waals surface area contributed by atoms with E-state index in [1.807, 2.05) is 30.8 Å². The number of rotatable bonds is 6. The number of esters is 1. The molecule has 3 rings (SSSR count). The second kappa shape index (κ2) is 10.2. The third-order valence-electron chi connectivity index (χ3n) is 6.31. The van der Waals surface area contributed by atoms with Crippen LogP contribution in [0.15, 0.2) is 41.3 Å². The number of fused-ring (bicyclic) bond motifs is 1. The zero-order chi connectivity index (χ0) is 21.6. The molecule has 0 amide bonds. The van der Waals surface area contributed by atoms with Crippen molar-refractivity contribution in [3.8, 4) is 11.8 Å². The summed E-state index contributed by atoms with van der Waals surface area (Å²) in [5.41, 5.74) is 6.31. The smallest absolute Gasteiger partial charge is 0.306 e. The van der Waals surface area contributed by atoms with Gasteiger partial charge in [0.15, 0.2) is 0 Å². The van der Waals surface area contributed by atoms with Gasteiger partial charge < -0.3 is 4.74 Å². The summed E-state index contributed by atoms with van der Waals surface area (Å²) in [6, 6.07) is 12.9. The minimum absolute atomic E-state index is 0.141. The Hall–Kier alpha value is -2.18. The van der Waals surface area contributed by atoms with E-state index >= 15 is 0 Å². The molecule has 3 heteroatoms. The topological polar surface area (TPSA) is 26.3 Å². The first-order chi connectivity index (χ1) is 14.5. The summed E-state index contributed by atoms with van der Waals surface area (Å²) in [4.78, 5) is 13.0. The van der Waals surface area contributed by atoms with Crippen molar-refractivity contribution in [1.82, 2.24) is 0 Å². The highest BCUT2D eigenvalue weighted by molar-refractivity contribution is 7.99. The molecule has 0 aliphatic carbocycles. The minimum Gasteiger partial charge on any atom is -0.466 e. The lowest BCUT2D eigenvalue weighted by atomic mass is 9.73. The number of hydrogen-bond donors (Lipinski definition) is 0. The van der Waals surface area contributed by atoms with Crippen LogP contribution in [0.1, 0.15) is 74.3 Å². The van der Waals surface area contributed by atoms with E-state index in [2.05, 4.69) is 56.9 Å². The number of carbonyl (C=O) groups is 1. The van der Waals surface area contributed by atoms with Gasteiger partial charge >= 0.3 is 5.97 Å². The zero-order valence-corrected chi connectivity index (χ0v) is 19.5. The van der Waals surface area contributed by atoms with Crippen molar-refractivity contribution in [3.63, 3.8) is 0 Å². The maximum atomic E-state index is 11.5. The highest BCUT2D eigenvalue weighted by Gasteiger charge is 2.34. The monoisotopic (exact) mass is 420 g/mol. The van der Waals surface area contributed by atoms with E-state index in [4.69, 9.17) is 4.74 Å². The summed E-state index contributed by atoms with van der Waals surface area (Å²) in [5, 5.41) is 0. The lowest BCUT2D eigenvalue weighted by Gasteiger charge is -2.38. The maximum absolute atomic E-state index is 11.5. The van der Waals surface area contributed by atoms with E-state index in [-0.39, 0.29) is 5.97 Å². The molecule has 0 fully saturated rings. The predicted molar refractivity (Wildman–Crippen MR) is 126 cm³/mol. The molecule has 2 aromatic carbocycles. The van der Waals surface area contributed by atoms with E-state index < -0.39 is 0 Å². The molecule has 30 heavy (non-hydrogen) atoms. The molecular formula is C27H32O2S. The molecule has 2 aromatic rings. The number of benzene rings is 2. The van der Waals surface area contributed by atoms with Crippen LogP contribution in [0, 0.1) is 18.8 Å². The number of hydrogen-bond acceptors (Lipinski definition) is 3. The third kappa shape index (κ3) is 5.10. The Labute approximate surface area is 185 Å². The number of aryl methyl sites for hydroxylation is 2. The average Bonchev–Trinajstić information content (AvgIpc) is 2.76. The fourth-order valence-corrected chi connectivity index (χ4v) is 5.60. The first-order valence-corrected chi connectivity index (χ1v) is 12.0. The molecule has 1 aliphatic rings. The fraction of sp³-hybridized carbons (Fsp3) is 0.444. The molecule has 0 saturated carbocycles. The Balaban J connectivity index is 1.79. The van der Waals surface area contributed by atoms with Crippen LogP contribution in [-0.2, 0) is 21.4 Å². The van der Waals surface area contributed by atoms with E-state index in [1.165, 1.54) is 41.0 Å². The van der Waals surface area contributed by atoms with Gasteiger partial charge in [0.05, 0.1) is 6.61 Å². The summed E-state index contributed by atoms with van der Waals surface area (Å²) < 4.78 is 4.99. The molecule has 0 N–H and O–H groups in total. The molecule has 1 heterocycles. The van der Waals surface area contributed by atoms with Gasteiger partial charge in [0, 0.05) is 22.4 Å². The second-order valence-corrected chi connectivity index (χ2v) is 9.14. The van der Waals surface area contributed by atoms with Crippen LogP contribution < -0.4 is 0 Å². The van der Waals surface area contributed by atoms with E-state index in [9.17, 15) is 4.79 Å². The van der Waals surface area contributed by atoms with Crippen molar-refractivity contribution in [1.29, 1.82) is 0 Å². The molecule has 0 saturated heterocycles. The van der Waals surface area contributed by atoms with Crippen molar-refractivity contribution in [2.75, 3.05) is 12.4 Å². The fourth-order valence-electron chi connectivity index (χ4n) is 4.20. The van der Waals surface area contributed by atoms with E-state index in [1.54, 1.807) is 0 Å². The Morgan fingerprint density at radius 3 is 2.50 bits per heavy atom. The molecule has 0 bridgehead atoms. The molecule has 1 aliphatic heterocycles. The Bertz CT molecular complexity index is 943. The average molecular weight is 421 g/mol. The quantitative estimate of drug-likeness (QED) is 0.397. The van der Waals surface area contributed by atoms with Gasteiger partial charge in [0.2, 0.25) is 0 Å². The highest BCUT2D eigenvalue weighted by Crippen LogP contribution is 2.46. The normalized spacial score (nSPS) is 14.4. The van der Waals surface area contributed by atoms with Crippen molar-refractivity contribution in [2.45, 2.75) is 70.1 Å². The first-order valence-electron chi connectivity index (χ1n) is 11.1. The summed E-state index contributed by atoms with van der Waals surface area (Å²) >= 11 is 1.99. The third-order valence-corrected chi connectivity index (χ3v) is 7.37. The highest BCUT2D eigenvalue weighted by atomic mass is 32.2. The number of carbonyl (C=O) groups excluding carboxylic acids is 1. The van der Waals surface area contributed by atoms with Crippen LogP contribution in [0.5, 0.6) is 0 Å². The van der Waals surface area contributed by atoms with Gasteiger partial charge in [-0.2, -0.15) is 0 Å². The van der Waals surface area contributed by atoms with Crippen molar-refractivity contribution < 1.29 is 9.53 Å². The minimum atomic E-state index is -0.141. The van der Waals surface area contributed by atoms with Crippen molar-refractivity contribution in [2.24, 2.45) is 0 Å². The summed E-state index contributed by atoms with van der Waals surface area (Å²) in [5.74, 6) is 7.82. The molecular weight excluding hydrogens is 388 g/mol. The SMILES string of the molecule is CCOC(=O)CCc1ccc(C#Cc2cc3c(cc2C)SCCC3(CC)CC)cc1. The van der Waals surface area contributed by atoms with Gasteiger partial charge in [0.25, 0.3) is 0 Å². The Kier molecular flexibility index (Phi) is 7.67. The van der Waals surface area contributed by atoms with Crippen LogP contribution in [0.25, 0.3) is 0 Å². The van der Waals surface area contributed by atoms with Crippen molar-refractivity contribution in [3.05, 3.63) is 64.2 Å². The van der Waals surface area contributed by atoms with Gasteiger partial charge in [-0.05, 0) is 91.7 Å². The zero-order valence-electron chi connectivity index (χ0n) is 18.6. The molecule has 0 aromatic heterocycles. The van der Waals surface area contributed by atoms with E-state index in [0.29, 0.717) is 24.9 Å². The molecule has 0 atom stereocenters. The van der Waals surface area contributed by atoms with Crippen LogP contribution in [0.4, 0.5) is 0 Å². The maximum Gasteiger partial charge on any atom is 0.306 e. The predicted octanol–water partition coefficient (Wildman–Crippen LogP) is 6.44. The van der Waals surface area contributed by atoms with Crippen LogP contribution >= 0.6 is 11.8 Å². The summed E-state index contributed by atoms with van der Waals surface area (Å²) in [6.45, 7) is 9.07. The molecule has 158 valence electrons. The molecule has 0 radical (unpaired) electrons. The molecule has 0 unspecified atom stereocenters. The largest absolute Gasteiger partial charge is 0.466 e. The van der Waals surface area contributed by atoms with Gasteiger partial charge in [-0.25, -0.2) is 0 Å². The lowest BCUT2D eigenvalue weighted by molar-refractivity contribution is -0.143. The van der Waals surface area contributed by atoms with Crippen molar-refractivity contribution >= 4 is 17.7 Å². The van der Waals surface area contributed by atoms with Gasteiger partial charge in [-0.3, -0.25) is 4.79 Å². The van der Waals surface area contributed by atoms with Crippen LogP contribution in [0.2, 0.25) is 0 Å². The molecule has 0 spiro atoms. The first kappa shape index (κ1) is 22.5. The number of thioether (sulfide) groups is 1. The second-order valence-electron chi connectivity index (χ2n) is 8.00. The van der Waals surface area contributed by atoms with Crippen LogP contribution in [0.3, 0.4) is 0 Å². The lowest BCUT2D eigenvalue weighted by Crippen LogP contribution is -2.29. The van der Waals surface area contributed by atoms with Gasteiger partial charge in [0.1, 0.15) is 0 Å². The Morgan fingerprint density at radius 1 is 1.10 bits per heavy atom. The Morgan fingerprint density at radius 2 is 1.83 bits per heavy atom. The summed E-state index contributed by atoms with van der Waals surface area (Å²) in [7, 11) is 0.